The topological polar surface area (TPSA) is 148 Å². The van der Waals surface area contributed by atoms with E-state index < -0.39 is 16.0 Å². The maximum absolute atomic E-state index is 13.3. The van der Waals surface area contributed by atoms with Gasteiger partial charge in [0.15, 0.2) is 11.5 Å². The number of aromatic nitrogens is 2. The lowest BCUT2D eigenvalue weighted by molar-refractivity contribution is 0.308. The van der Waals surface area contributed by atoms with Gasteiger partial charge in [-0.3, -0.25) is 4.99 Å². The van der Waals surface area contributed by atoms with E-state index >= 15 is 0 Å². The molecule has 1 heterocycles. The van der Waals surface area contributed by atoms with E-state index in [9.17, 15) is 12.8 Å². The van der Waals surface area contributed by atoms with Crippen LogP contribution in [-0.4, -0.2) is 44.7 Å². The number of anilines is 2. The Bertz CT molecular complexity index is 871. The van der Waals surface area contributed by atoms with E-state index in [2.05, 4.69) is 46.6 Å². The second kappa shape index (κ2) is 8.33. The Kier molecular flexibility index (Phi) is 6.41. The largest absolute Gasteiger partial charge is 0.364 e. The van der Waals surface area contributed by atoms with E-state index in [1.807, 2.05) is 0 Å². The number of benzene rings is 1. The number of hydrogen-bond donors (Lipinski definition) is 4. The maximum Gasteiger partial charge on any atom is 0.274 e. The van der Waals surface area contributed by atoms with Crippen molar-refractivity contribution >= 4 is 43.5 Å². The molecule has 5 N–H and O–H groups in total. The third-order valence-electron chi connectivity index (χ3n) is 2.84. The van der Waals surface area contributed by atoms with Gasteiger partial charge in [-0.1, -0.05) is 0 Å². The van der Waals surface area contributed by atoms with Gasteiger partial charge in [-0.05, 0) is 44.4 Å². The van der Waals surface area contributed by atoms with Gasteiger partial charge in [-0.15, -0.1) is 0 Å². The SMILES string of the molecule is C/N=C(\Nc1ccc(F)c(Br)c1)c1nonc1NCCNS(N)(=O)=O. The quantitative estimate of drug-likeness (QED) is 0.283. The highest BCUT2D eigenvalue weighted by Crippen LogP contribution is 2.21. The Morgan fingerprint density at radius 1 is 1.40 bits per heavy atom. The summed E-state index contributed by atoms with van der Waals surface area (Å²) in [6.07, 6.45) is 0. The first-order chi connectivity index (χ1) is 11.8. The molecule has 13 heteroatoms. The van der Waals surface area contributed by atoms with Crippen LogP contribution in [0.2, 0.25) is 0 Å². The molecule has 1 aromatic carbocycles. The second-order valence-electron chi connectivity index (χ2n) is 4.65. The molecule has 0 aliphatic rings. The minimum atomic E-state index is -3.77. The molecular formula is C12H15BrFN7O3S. The Morgan fingerprint density at radius 2 is 2.16 bits per heavy atom. The molecule has 0 aliphatic heterocycles. The minimum Gasteiger partial charge on any atom is -0.364 e. The highest BCUT2D eigenvalue weighted by molar-refractivity contribution is 9.10. The van der Waals surface area contributed by atoms with E-state index in [4.69, 9.17) is 9.77 Å². The van der Waals surface area contributed by atoms with Crippen molar-refractivity contribution in [1.29, 1.82) is 0 Å². The second-order valence-corrected chi connectivity index (χ2v) is 6.89. The lowest BCUT2D eigenvalue weighted by atomic mass is 10.3. The first kappa shape index (κ1) is 19.2. The molecule has 0 aliphatic carbocycles. The molecule has 0 saturated heterocycles. The molecule has 0 saturated carbocycles. The van der Waals surface area contributed by atoms with Crippen LogP contribution in [0, 0.1) is 5.82 Å². The molecule has 136 valence electrons. The van der Waals surface area contributed by atoms with Crippen molar-refractivity contribution in [2.75, 3.05) is 30.8 Å². The zero-order chi connectivity index (χ0) is 18.4. The first-order valence-corrected chi connectivity index (χ1v) is 9.17. The van der Waals surface area contributed by atoms with E-state index in [1.165, 1.54) is 25.2 Å². The average molecular weight is 436 g/mol. The van der Waals surface area contributed by atoms with Crippen LogP contribution in [0.1, 0.15) is 5.69 Å². The molecule has 0 amide bonds. The summed E-state index contributed by atoms with van der Waals surface area (Å²) >= 11 is 3.10. The molecule has 0 fully saturated rings. The van der Waals surface area contributed by atoms with Gasteiger partial charge in [0.05, 0.1) is 4.47 Å². The van der Waals surface area contributed by atoms with Gasteiger partial charge >= 0.3 is 0 Å². The van der Waals surface area contributed by atoms with Crippen LogP contribution < -0.4 is 20.5 Å². The van der Waals surface area contributed by atoms with Crippen LogP contribution in [0.25, 0.3) is 0 Å². The molecule has 1 aromatic heterocycles. The van der Waals surface area contributed by atoms with Gasteiger partial charge in [0.1, 0.15) is 5.82 Å². The molecule has 0 bridgehead atoms. The molecular weight excluding hydrogens is 421 g/mol. The van der Waals surface area contributed by atoms with Crippen molar-refractivity contribution in [1.82, 2.24) is 15.0 Å². The van der Waals surface area contributed by atoms with Gasteiger partial charge in [-0.2, -0.15) is 8.42 Å². The summed E-state index contributed by atoms with van der Waals surface area (Å²) in [4.78, 5) is 4.07. The van der Waals surface area contributed by atoms with E-state index in [1.54, 1.807) is 0 Å². The van der Waals surface area contributed by atoms with Crippen LogP contribution in [0.15, 0.2) is 32.3 Å². The van der Waals surface area contributed by atoms with Gasteiger partial charge in [0, 0.05) is 25.8 Å². The van der Waals surface area contributed by atoms with Crippen LogP contribution in [0.3, 0.4) is 0 Å². The monoisotopic (exact) mass is 435 g/mol. The fourth-order valence-corrected chi connectivity index (χ4v) is 2.53. The number of rotatable bonds is 7. The summed E-state index contributed by atoms with van der Waals surface area (Å²) < 4.78 is 42.0. The molecule has 2 aromatic rings. The Labute approximate surface area is 151 Å². The predicted octanol–water partition coefficient (Wildman–Crippen LogP) is 0.665. The fraction of sp³-hybridized carbons (Fsp3) is 0.250. The van der Waals surface area contributed by atoms with Crippen molar-refractivity contribution in [3.05, 3.63) is 34.2 Å². The summed E-state index contributed by atoms with van der Waals surface area (Å²) in [6.45, 7) is 0.235. The Morgan fingerprint density at radius 3 is 2.80 bits per heavy atom. The third kappa shape index (κ3) is 5.74. The molecule has 0 radical (unpaired) electrons. The van der Waals surface area contributed by atoms with Crippen molar-refractivity contribution in [3.63, 3.8) is 0 Å². The lowest BCUT2D eigenvalue weighted by Gasteiger charge is -2.09. The molecule has 2 rings (SSSR count). The summed E-state index contributed by atoms with van der Waals surface area (Å²) in [7, 11) is -2.24. The number of nitrogens with one attached hydrogen (secondary N) is 3. The summed E-state index contributed by atoms with van der Waals surface area (Å²) in [5, 5.41) is 18.1. The van der Waals surface area contributed by atoms with Crippen molar-refractivity contribution < 1.29 is 17.4 Å². The average Bonchev–Trinajstić information content (AvgIpc) is 3.00. The number of hydrogen-bond acceptors (Lipinski definition) is 7. The number of amidine groups is 1. The van der Waals surface area contributed by atoms with Crippen LogP contribution >= 0.6 is 15.9 Å². The molecule has 10 nitrogen and oxygen atoms in total. The maximum atomic E-state index is 13.3. The van der Waals surface area contributed by atoms with Gasteiger partial charge in [0.25, 0.3) is 10.2 Å². The molecule has 0 unspecified atom stereocenters. The first-order valence-electron chi connectivity index (χ1n) is 6.83. The van der Waals surface area contributed by atoms with Crippen molar-refractivity contribution in [2.45, 2.75) is 0 Å². The predicted molar refractivity (Wildman–Crippen MR) is 94.1 cm³/mol. The van der Waals surface area contributed by atoms with Crippen molar-refractivity contribution in [2.24, 2.45) is 10.1 Å². The number of halogens is 2. The molecule has 25 heavy (non-hydrogen) atoms. The minimum absolute atomic E-state index is 0.0437. The number of nitrogens with zero attached hydrogens (tertiary/aromatic N) is 3. The summed E-state index contributed by atoms with van der Waals surface area (Å²) in [5.74, 6) is 0.181. The number of nitrogens with two attached hydrogens (primary N) is 1. The lowest BCUT2D eigenvalue weighted by Crippen LogP contribution is -2.34. The third-order valence-corrected chi connectivity index (χ3v) is 4.05. The molecule has 0 spiro atoms. The molecule has 0 atom stereocenters. The smallest absolute Gasteiger partial charge is 0.274 e. The standard InChI is InChI=1S/C12H15BrFN7O3S/c1-16-11(19-7-2-3-9(14)8(13)6-7)10-12(21-24-20-10)17-4-5-18-25(15,22)23/h2-3,6,18H,4-5H2,1H3,(H,16,19)(H,17,21)(H2,15,22,23). The van der Waals surface area contributed by atoms with Crippen LogP contribution in [0.5, 0.6) is 0 Å². The highest BCUT2D eigenvalue weighted by atomic mass is 79.9. The summed E-state index contributed by atoms with van der Waals surface area (Å²) in [6, 6.07) is 4.36. The zero-order valence-electron chi connectivity index (χ0n) is 13.0. The Hall–Kier alpha value is -2.09. The Balaban J connectivity index is 2.06. The van der Waals surface area contributed by atoms with E-state index in [0.717, 1.165) is 0 Å². The zero-order valence-corrected chi connectivity index (χ0v) is 15.4. The normalized spacial score (nSPS) is 12.2. The van der Waals surface area contributed by atoms with Crippen LogP contribution in [0.4, 0.5) is 15.9 Å². The van der Waals surface area contributed by atoms with Gasteiger partial charge in [-0.25, -0.2) is 18.9 Å². The van der Waals surface area contributed by atoms with Crippen LogP contribution in [-0.2, 0) is 10.2 Å². The van der Waals surface area contributed by atoms with E-state index in [0.29, 0.717) is 16.0 Å². The van der Waals surface area contributed by atoms with Gasteiger partial charge < -0.3 is 10.6 Å². The highest BCUT2D eigenvalue weighted by Gasteiger charge is 2.16. The van der Waals surface area contributed by atoms with Crippen molar-refractivity contribution in [3.8, 4) is 0 Å². The summed E-state index contributed by atoms with van der Waals surface area (Å²) in [5.41, 5.74) is 0.845. The number of aliphatic imine (C=N–C) groups is 1. The van der Waals surface area contributed by atoms with E-state index in [-0.39, 0.29) is 24.6 Å². The fourth-order valence-electron chi connectivity index (χ4n) is 1.77. The van der Waals surface area contributed by atoms with Gasteiger partial charge in [0.2, 0.25) is 5.82 Å².